The van der Waals surface area contributed by atoms with Gasteiger partial charge in [0.05, 0.1) is 23.7 Å². The molecule has 5 heteroatoms. The van der Waals surface area contributed by atoms with Crippen LogP contribution in [0.2, 0.25) is 0 Å². The van der Waals surface area contributed by atoms with Gasteiger partial charge in [-0.1, -0.05) is 36.4 Å². The molecule has 29 heavy (non-hydrogen) atoms. The van der Waals surface area contributed by atoms with E-state index < -0.39 is 0 Å². The molecular formula is C24H19IN2O2. The molecular weight excluding hydrogens is 475 g/mol. The van der Waals surface area contributed by atoms with Gasteiger partial charge < -0.3 is 4.74 Å². The van der Waals surface area contributed by atoms with Crippen LogP contribution in [-0.4, -0.2) is 16.7 Å². The molecule has 3 aromatic carbocycles. The maximum Gasteiger partial charge on any atom is 0.266 e. The Morgan fingerprint density at radius 2 is 1.76 bits per heavy atom. The van der Waals surface area contributed by atoms with E-state index in [1.54, 1.807) is 11.7 Å². The quantitative estimate of drug-likeness (QED) is 0.353. The first-order valence-corrected chi connectivity index (χ1v) is 10.2. The van der Waals surface area contributed by atoms with Crippen molar-refractivity contribution in [1.82, 2.24) is 9.55 Å². The number of hydrogen-bond acceptors (Lipinski definition) is 3. The highest BCUT2D eigenvalue weighted by atomic mass is 127. The van der Waals surface area contributed by atoms with Gasteiger partial charge in [0.15, 0.2) is 0 Å². The third-order valence-corrected chi connectivity index (χ3v) is 5.42. The van der Waals surface area contributed by atoms with Crippen molar-refractivity contribution in [2.24, 2.45) is 0 Å². The number of fused-ring (bicyclic) bond motifs is 1. The Hall–Kier alpha value is -2.93. The lowest BCUT2D eigenvalue weighted by Gasteiger charge is -2.13. The first-order valence-electron chi connectivity index (χ1n) is 9.17. The van der Waals surface area contributed by atoms with Crippen molar-refractivity contribution in [2.45, 2.75) is 6.92 Å². The number of ether oxygens (including phenoxy) is 1. The number of methoxy groups -OCH3 is 1. The molecule has 4 rings (SSSR count). The molecule has 0 saturated carbocycles. The van der Waals surface area contributed by atoms with E-state index in [1.807, 2.05) is 85.8 Å². The standard InChI is InChI=1S/C24H19IN2O2/c1-16-5-3-4-6-22(16)27-23(14-9-17-7-11-19(29-2)12-8-17)26-21-13-10-18(25)15-20(21)24(27)28/h3-15H,1-2H3. The van der Waals surface area contributed by atoms with Crippen LogP contribution < -0.4 is 10.3 Å². The van der Waals surface area contributed by atoms with E-state index in [1.165, 1.54) is 0 Å². The van der Waals surface area contributed by atoms with Crippen molar-refractivity contribution in [1.29, 1.82) is 0 Å². The summed E-state index contributed by atoms with van der Waals surface area (Å²) in [6.07, 6.45) is 3.83. The number of benzene rings is 3. The van der Waals surface area contributed by atoms with E-state index in [0.29, 0.717) is 16.7 Å². The molecule has 0 aliphatic heterocycles. The lowest BCUT2D eigenvalue weighted by atomic mass is 10.1. The summed E-state index contributed by atoms with van der Waals surface area (Å²) in [5.74, 6) is 1.39. The topological polar surface area (TPSA) is 44.1 Å². The van der Waals surface area contributed by atoms with Crippen LogP contribution in [0.1, 0.15) is 17.0 Å². The van der Waals surface area contributed by atoms with Crippen LogP contribution in [-0.2, 0) is 0 Å². The summed E-state index contributed by atoms with van der Waals surface area (Å²) in [7, 11) is 1.64. The third-order valence-electron chi connectivity index (χ3n) is 4.75. The van der Waals surface area contributed by atoms with Gasteiger partial charge in [-0.15, -0.1) is 0 Å². The molecule has 4 nitrogen and oxygen atoms in total. The van der Waals surface area contributed by atoms with Crippen molar-refractivity contribution in [2.75, 3.05) is 7.11 Å². The molecule has 1 aromatic heterocycles. The van der Waals surface area contributed by atoms with Gasteiger partial charge in [-0.3, -0.25) is 9.36 Å². The zero-order valence-corrected chi connectivity index (χ0v) is 18.3. The molecule has 0 N–H and O–H groups in total. The summed E-state index contributed by atoms with van der Waals surface area (Å²) in [6, 6.07) is 21.3. The number of hydrogen-bond donors (Lipinski definition) is 0. The highest BCUT2D eigenvalue weighted by Gasteiger charge is 2.13. The van der Waals surface area contributed by atoms with E-state index >= 15 is 0 Å². The van der Waals surface area contributed by atoms with Crippen molar-refractivity contribution in [3.05, 3.63) is 97.6 Å². The molecule has 0 spiro atoms. The van der Waals surface area contributed by atoms with Crippen LogP contribution in [0.15, 0.2) is 71.5 Å². The molecule has 0 amide bonds. The number of aromatic nitrogens is 2. The van der Waals surface area contributed by atoms with Gasteiger partial charge in [-0.05, 0) is 83.1 Å². The predicted molar refractivity (Wildman–Crippen MR) is 127 cm³/mol. The van der Waals surface area contributed by atoms with Gasteiger partial charge >= 0.3 is 0 Å². The van der Waals surface area contributed by atoms with Crippen molar-refractivity contribution >= 4 is 45.6 Å². The molecule has 0 fully saturated rings. The summed E-state index contributed by atoms with van der Waals surface area (Å²) < 4.78 is 7.91. The highest BCUT2D eigenvalue weighted by Crippen LogP contribution is 2.20. The summed E-state index contributed by atoms with van der Waals surface area (Å²) in [6.45, 7) is 2.00. The SMILES string of the molecule is COc1ccc(C=Cc2nc3ccc(I)cc3c(=O)n2-c2ccccc2C)cc1. The van der Waals surface area contributed by atoms with Gasteiger partial charge in [0.25, 0.3) is 5.56 Å². The fraction of sp³-hybridized carbons (Fsp3) is 0.0833. The van der Waals surface area contributed by atoms with E-state index in [9.17, 15) is 4.79 Å². The minimum atomic E-state index is -0.0720. The monoisotopic (exact) mass is 494 g/mol. The summed E-state index contributed by atoms with van der Waals surface area (Å²) in [5, 5.41) is 0.613. The Morgan fingerprint density at radius 3 is 2.48 bits per heavy atom. The zero-order valence-electron chi connectivity index (χ0n) is 16.1. The summed E-state index contributed by atoms with van der Waals surface area (Å²) in [5.41, 5.74) is 3.46. The Bertz CT molecular complexity index is 1270. The molecule has 0 aliphatic rings. The Labute approximate surface area is 182 Å². The van der Waals surface area contributed by atoms with E-state index in [0.717, 1.165) is 26.1 Å². The maximum atomic E-state index is 13.4. The lowest BCUT2D eigenvalue weighted by molar-refractivity contribution is 0.415. The third kappa shape index (κ3) is 3.96. The molecule has 0 aliphatic carbocycles. The fourth-order valence-electron chi connectivity index (χ4n) is 3.22. The maximum absolute atomic E-state index is 13.4. The van der Waals surface area contributed by atoms with Crippen molar-refractivity contribution in [3.63, 3.8) is 0 Å². The lowest BCUT2D eigenvalue weighted by Crippen LogP contribution is -2.23. The molecule has 0 radical (unpaired) electrons. The van der Waals surface area contributed by atoms with E-state index in [4.69, 9.17) is 9.72 Å². The van der Waals surface area contributed by atoms with Crippen LogP contribution in [0.4, 0.5) is 0 Å². The Balaban J connectivity index is 1.92. The second kappa shape index (κ2) is 8.21. The van der Waals surface area contributed by atoms with Crippen molar-refractivity contribution in [3.8, 4) is 11.4 Å². The minimum absolute atomic E-state index is 0.0720. The van der Waals surface area contributed by atoms with Crippen LogP contribution in [0.5, 0.6) is 5.75 Å². The number of rotatable bonds is 4. The minimum Gasteiger partial charge on any atom is -0.497 e. The molecule has 0 bridgehead atoms. The van der Waals surface area contributed by atoms with Gasteiger partial charge in [0, 0.05) is 3.57 Å². The second-order valence-electron chi connectivity index (χ2n) is 6.67. The number of nitrogens with zero attached hydrogens (tertiary/aromatic N) is 2. The molecule has 0 atom stereocenters. The van der Waals surface area contributed by atoms with Crippen LogP contribution in [0.3, 0.4) is 0 Å². The molecule has 0 saturated heterocycles. The van der Waals surface area contributed by atoms with E-state index in [2.05, 4.69) is 22.6 Å². The Kier molecular flexibility index (Phi) is 5.49. The summed E-state index contributed by atoms with van der Waals surface area (Å²) >= 11 is 2.22. The van der Waals surface area contributed by atoms with Gasteiger partial charge in [-0.25, -0.2) is 4.98 Å². The normalized spacial score (nSPS) is 11.3. The fourth-order valence-corrected chi connectivity index (χ4v) is 3.71. The average molecular weight is 494 g/mol. The van der Waals surface area contributed by atoms with Crippen LogP contribution in [0.25, 0.3) is 28.7 Å². The molecule has 144 valence electrons. The van der Waals surface area contributed by atoms with Gasteiger partial charge in [0.1, 0.15) is 11.6 Å². The molecule has 1 heterocycles. The number of para-hydroxylation sites is 1. The van der Waals surface area contributed by atoms with E-state index in [-0.39, 0.29) is 5.56 Å². The number of halogens is 1. The number of aryl methyl sites for hydroxylation is 1. The average Bonchev–Trinajstić information content (AvgIpc) is 2.74. The largest absolute Gasteiger partial charge is 0.497 e. The van der Waals surface area contributed by atoms with Gasteiger partial charge in [-0.2, -0.15) is 0 Å². The van der Waals surface area contributed by atoms with Crippen LogP contribution >= 0.6 is 22.6 Å². The van der Waals surface area contributed by atoms with Crippen LogP contribution in [0, 0.1) is 10.5 Å². The Morgan fingerprint density at radius 1 is 1.00 bits per heavy atom. The van der Waals surface area contributed by atoms with Crippen molar-refractivity contribution < 1.29 is 4.74 Å². The van der Waals surface area contributed by atoms with Gasteiger partial charge in [0.2, 0.25) is 0 Å². The zero-order chi connectivity index (χ0) is 20.4. The summed E-state index contributed by atoms with van der Waals surface area (Å²) in [4.78, 5) is 18.2. The molecule has 4 aromatic rings. The first-order chi connectivity index (χ1) is 14.1. The second-order valence-corrected chi connectivity index (χ2v) is 7.91. The highest BCUT2D eigenvalue weighted by molar-refractivity contribution is 14.1. The first kappa shape index (κ1) is 19.4. The molecule has 0 unspecified atom stereocenters. The smallest absolute Gasteiger partial charge is 0.266 e. The predicted octanol–water partition coefficient (Wildman–Crippen LogP) is 5.48.